The number of hydrogen-bond donors (Lipinski definition) is 1. The van der Waals surface area contributed by atoms with Gasteiger partial charge in [0.15, 0.2) is 0 Å². The third-order valence-corrected chi connectivity index (χ3v) is 3.54. The summed E-state index contributed by atoms with van der Waals surface area (Å²) in [6.07, 6.45) is 2.58. The van der Waals surface area contributed by atoms with Gasteiger partial charge in [0.05, 0.1) is 11.6 Å². The van der Waals surface area contributed by atoms with Gasteiger partial charge >= 0.3 is 0 Å². The number of hydrogen-bond acceptors (Lipinski definition) is 3. The second-order valence-corrected chi connectivity index (χ2v) is 4.83. The molecule has 2 N–H and O–H groups in total. The lowest BCUT2D eigenvalue weighted by molar-refractivity contribution is -0.121. The monoisotopic (exact) mass is 243 g/mol. The summed E-state index contributed by atoms with van der Waals surface area (Å²) in [6.45, 7) is 0. The number of nitrogens with zero attached hydrogens (tertiary/aromatic N) is 2. The van der Waals surface area contributed by atoms with E-state index in [0.717, 1.165) is 24.9 Å². The van der Waals surface area contributed by atoms with Crippen molar-refractivity contribution >= 4 is 11.6 Å². The third-order valence-electron chi connectivity index (χ3n) is 3.54. The lowest BCUT2D eigenvalue weighted by Crippen LogP contribution is -2.32. The molecule has 2 atom stereocenters. The summed E-state index contributed by atoms with van der Waals surface area (Å²) >= 11 is 0. The van der Waals surface area contributed by atoms with Crippen molar-refractivity contribution in [2.45, 2.75) is 25.3 Å². The minimum Gasteiger partial charge on any atom is -0.328 e. The Hall–Kier alpha value is -1.86. The minimum atomic E-state index is 0.0423. The van der Waals surface area contributed by atoms with Gasteiger partial charge in [0.25, 0.3) is 0 Å². The highest BCUT2D eigenvalue weighted by molar-refractivity contribution is 5.94. The first-order valence-corrected chi connectivity index (χ1v) is 6.15. The van der Waals surface area contributed by atoms with Crippen LogP contribution < -0.4 is 10.6 Å². The van der Waals surface area contributed by atoms with Gasteiger partial charge in [-0.1, -0.05) is 0 Å². The summed E-state index contributed by atoms with van der Waals surface area (Å²) in [7, 11) is 1.77. The van der Waals surface area contributed by atoms with Crippen LogP contribution in [0, 0.1) is 17.2 Å². The molecule has 0 spiro atoms. The zero-order chi connectivity index (χ0) is 13.1. The molecule has 1 aromatic carbocycles. The molecule has 0 bridgehead atoms. The minimum absolute atomic E-state index is 0.0423. The molecule has 0 radical (unpaired) electrons. The Bertz CT molecular complexity index is 475. The second kappa shape index (κ2) is 5.19. The molecule has 2 rings (SSSR count). The van der Waals surface area contributed by atoms with Gasteiger partial charge < -0.3 is 10.6 Å². The van der Waals surface area contributed by atoms with Crippen molar-refractivity contribution < 1.29 is 4.79 Å². The fraction of sp³-hybridized carbons (Fsp3) is 0.429. The summed E-state index contributed by atoms with van der Waals surface area (Å²) in [5.41, 5.74) is 7.25. The highest BCUT2D eigenvalue weighted by atomic mass is 16.2. The van der Waals surface area contributed by atoms with E-state index in [9.17, 15) is 4.79 Å². The standard InChI is InChI=1S/C14H17N3O/c1-17(13-6-2-10(9-15)3-7-13)14(18)11-4-5-12(16)8-11/h2-3,6-7,11-12H,4-5,8,16H2,1H3. The van der Waals surface area contributed by atoms with Gasteiger partial charge in [-0.15, -0.1) is 0 Å². The molecule has 1 fully saturated rings. The fourth-order valence-electron chi connectivity index (χ4n) is 2.40. The average Bonchev–Trinajstić information content (AvgIpc) is 2.84. The lowest BCUT2D eigenvalue weighted by atomic mass is 10.1. The van der Waals surface area contributed by atoms with Crippen molar-refractivity contribution in [2.75, 3.05) is 11.9 Å². The number of rotatable bonds is 2. The average molecular weight is 243 g/mol. The summed E-state index contributed by atoms with van der Waals surface area (Å²) in [5, 5.41) is 8.73. The van der Waals surface area contributed by atoms with Gasteiger partial charge in [0.2, 0.25) is 5.91 Å². The number of carbonyl (C=O) groups excluding carboxylic acids is 1. The first kappa shape index (κ1) is 12.6. The number of nitrogens with two attached hydrogens (primary N) is 1. The van der Waals surface area contributed by atoms with Gasteiger partial charge in [-0.3, -0.25) is 4.79 Å². The van der Waals surface area contributed by atoms with E-state index in [-0.39, 0.29) is 17.9 Å². The Morgan fingerprint density at radius 2 is 2.06 bits per heavy atom. The zero-order valence-electron chi connectivity index (χ0n) is 10.5. The summed E-state index contributed by atoms with van der Waals surface area (Å²) < 4.78 is 0. The van der Waals surface area contributed by atoms with E-state index in [0.29, 0.717) is 5.56 Å². The molecule has 2 unspecified atom stereocenters. The molecule has 0 heterocycles. The molecule has 18 heavy (non-hydrogen) atoms. The number of carbonyl (C=O) groups is 1. The Morgan fingerprint density at radius 3 is 2.56 bits per heavy atom. The van der Waals surface area contributed by atoms with Crippen molar-refractivity contribution in [2.24, 2.45) is 11.7 Å². The van der Waals surface area contributed by atoms with Crippen molar-refractivity contribution in [1.82, 2.24) is 0 Å². The smallest absolute Gasteiger partial charge is 0.229 e. The molecule has 1 saturated carbocycles. The van der Waals surface area contributed by atoms with Crippen LogP contribution in [-0.4, -0.2) is 19.0 Å². The maximum absolute atomic E-state index is 12.3. The summed E-state index contributed by atoms with van der Waals surface area (Å²) in [6, 6.07) is 9.26. The van der Waals surface area contributed by atoms with Crippen molar-refractivity contribution in [3.8, 4) is 6.07 Å². The van der Waals surface area contributed by atoms with E-state index < -0.39 is 0 Å². The third kappa shape index (κ3) is 2.52. The van der Waals surface area contributed by atoms with Crippen molar-refractivity contribution in [3.05, 3.63) is 29.8 Å². The predicted octanol–water partition coefficient (Wildman–Crippen LogP) is 1.65. The highest BCUT2D eigenvalue weighted by Gasteiger charge is 2.30. The zero-order valence-corrected chi connectivity index (χ0v) is 10.5. The van der Waals surface area contributed by atoms with Gasteiger partial charge in [0, 0.05) is 24.7 Å². The maximum Gasteiger partial charge on any atom is 0.229 e. The van der Waals surface area contributed by atoms with Crippen molar-refractivity contribution in [3.63, 3.8) is 0 Å². The van der Waals surface area contributed by atoms with E-state index >= 15 is 0 Å². The summed E-state index contributed by atoms with van der Waals surface area (Å²) in [5.74, 6) is 0.160. The molecule has 0 aromatic heterocycles. The Kier molecular flexibility index (Phi) is 3.63. The van der Waals surface area contributed by atoms with Crippen LogP contribution in [0.4, 0.5) is 5.69 Å². The molecule has 1 amide bonds. The van der Waals surface area contributed by atoms with Gasteiger partial charge in [-0.2, -0.15) is 5.26 Å². The Morgan fingerprint density at radius 1 is 1.39 bits per heavy atom. The first-order chi connectivity index (χ1) is 8.61. The normalized spacial score (nSPS) is 22.5. The molecule has 4 heteroatoms. The molecule has 4 nitrogen and oxygen atoms in total. The molecule has 1 aliphatic carbocycles. The van der Waals surface area contributed by atoms with E-state index in [1.165, 1.54) is 0 Å². The molecule has 94 valence electrons. The number of anilines is 1. The molecular formula is C14H17N3O. The largest absolute Gasteiger partial charge is 0.328 e. The van der Waals surface area contributed by atoms with E-state index in [1.54, 1.807) is 36.2 Å². The molecular weight excluding hydrogens is 226 g/mol. The fourth-order valence-corrected chi connectivity index (χ4v) is 2.40. The second-order valence-electron chi connectivity index (χ2n) is 4.83. The molecule has 0 aliphatic heterocycles. The van der Waals surface area contributed by atoms with Crippen LogP contribution in [0.3, 0.4) is 0 Å². The predicted molar refractivity (Wildman–Crippen MR) is 69.9 cm³/mol. The van der Waals surface area contributed by atoms with Crippen LogP contribution in [0.2, 0.25) is 0 Å². The van der Waals surface area contributed by atoms with Crippen LogP contribution >= 0.6 is 0 Å². The van der Waals surface area contributed by atoms with Gasteiger partial charge in [-0.05, 0) is 43.5 Å². The van der Waals surface area contributed by atoms with E-state index in [2.05, 4.69) is 6.07 Å². The van der Waals surface area contributed by atoms with Gasteiger partial charge in [0.1, 0.15) is 0 Å². The molecule has 1 aliphatic rings. The van der Waals surface area contributed by atoms with Gasteiger partial charge in [-0.25, -0.2) is 0 Å². The Balaban J connectivity index is 2.08. The van der Waals surface area contributed by atoms with Crippen LogP contribution in [-0.2, 0) is 4.79 Å². The quantitative estimate of drug-likeness (QED) is 0.858. The highest BCUT2D eigenvalue weighted by Crippen LogP contribution is 2.27. The summed E-state index contributed by atoms with van der Waals surface area (Å²) in [4.78, 5) is 13.9. The number of benzene rings is 1. The molecule has 0 saturated heterocycles. The SMILES string of the molecule is CN(C(=O)C1CCC(N)C1)c1ccc(C#N)cc1. The first-order valence-electron chi connectivity index (χ1n) is 6.15. The van der Waals surface area contributed by atoms with Crippen molar-refractivity contribution in [1.29, 1.82) is 5.26 Å². The lowest BCUT2D eigenvalue weighted by Gasteiger charge is -2.21. The van der Waals surface area contributed by atoms with Crippen LogP contribution in [0.1, 0.15) is 24.8 Å². The Labute approximate surface area is 107 Å². The maximum atomic E-state index is 12.3. The van der Waals surface area contributed by atoms with E-state index in [1.807, 2.05) is 0 Å². The van der Waals surface area contributed by atoms with Crippen LogP contribution in [0.5, 0.6) is 0 Å². The number of amides is 1. The van der Waals surface area contributed by atoms with E-state index in [4.69, 9.17) is 11.0 Å². The molecule has 1 aromatic rings. The number of nitriles is 1. The van der Waals surface area contributed by atoms with Crippen LogP contribution in [0.25, 0.3) is 0 Å². The van der Waals surface area contributed by atoms with Crippen LogP contribution in [0.15, 0.2) is 24.3 Å². The topological polar surface area (TPSA) is 70.1 Å².